The summed E-state index contributed by atoms with van der Waals surface area (Å²) in [5.41, 5.74) is 2.31. The van der Waals surface area contributed by atoms with Crippen LogP contribution in [0, 0.1) is 5.82 Å². The topological polar surface area (TPSA) is 85.0 Å². The second-order valence-corrected chi connectivity index (χ2v) is 3.94. The summed E-state index contributed by atoms with van der Waals surface area (Å²) in [6.07, 6.45) is 3.41. The van der Waals surface area contributed by atoms with E-state index in [2.05, 4.69) is 15.7 Å². The molecule has 0 atom stereocenters. The maximum absolute atomic E-state index is 13.4. The van der Waals surface area contributed by atoms with Gasteiger partial charge in [-0.2, -0.15) is 0 Å². The largest absolute Gasteiger partial charge is 0.345 e. The van der Waals surface area contributed by atoms with Gasteiger partial charge in [-0.25, -0.2) is 9.37 Å². The van der Waals surface area contributed by atoms with E-state index in [0.717, 1.165) is 0 Å². The van der Waals surface area contributed by atoms with Crippen molar-refractivity contribution >= 4 is 11.6 Å². The summed E-state index contributed by atoms with van der Waals surface area (Å²) in [5, 5.41) is 2.66. The SMILES string of the molecule is Cn1ccnc1CNC(=O)c1cccc(F)c1NN. The first-order valence-corrected chi connectivity index (χ1v) is 5.63. The lowest BCUT2D eigenvalue weighted by molar-refractivity contribution is 0.0950. The van der Waals surface area contributed by atoms with Crippen LogP contribution in [0.25, 0.3) is 0 Å². The third kappa shape index (κ3) is 2.71. The Balaban J connectivity index is 2.12. The lowest BCUT2D eigenvalue weighted by atomic mass is 10.1. The molecule has 0 unspecified atom stereocenters. The van der Waals surface area contributed by atoms with Crippen molar-refractivity contribution < 1.29 is 9.18 Å². The molecule has 0 radical (unpaired) electrons. The van der Waals surface area contributed by atoms with Crippen LogP contribution in [0.15, 0.2) is 30.6 Å². The zero-order chi connectivity index (χ0) is 13.8. The van der Waals surface area contributed by atoms with E-state index in [0.29, 0.717) is 5.82 Å². The van der Waals surface area contributed by atoms with Gasteiger partial charge < -0.3 is 15.3 Å². The first-order chi connectivity index (χ1) is 9.13. The molecule has 2 rings (SSSR count). The number of benzene rings is 1. The lowest BCUT2D eigenvalue weighted by Crippen LogP contribution is -2.26. The first-order valence-electron chi connectivity index (χ1n) is 5.63. The molecule has 2 aromatic rings. The Bertz CT molecular complexity index is 596. The van der Waals surface area contributed by atoms with Gasteiger partial charge in [-0.15, -0.1) is 0 Å². The molecule has 0 aliphatic rings. The number of nitrogens with zero attached hydrogens (tertiary/aromatic N) is 2. The number of anilines is 1. The van der Waals surface area contributed by atoms with Crippen LogP contribution in [-0.4, -0.2) is 15.5 Å². The van der Waals surface area contributed by atoms with Crippen molar-refractivity contribution in [2.45, 2.75) is 6.54 Å². The number of nitrogen functional groups attached to an aromatic ring is 1. The van der Waals surface area contributed by atoms with E-state index in [1.54, 1.807) is 17.0 Å². The van der Waals surface area contributed by atoms with Crippen molar-refractivity contribution in [3.63, 3.8) is 0 Å². The number of nitrogens with two attached hydrogens (primary N) is 1. The van der Waals surface area contributed by atoms with E-state index in [9.17, 15) is 9.18 Å². The molecule has 100 valence electrons. The van der Waals surface area contributed by atoms with Gasteiger partial charge >= 0.3 is 0 Å². The Morgan fingerprint density at radius 3 is 2.95 bits per heavy atom. The van der Waals surface area contributed by atoms with Crippen LogP contribution in [0.4, 0.5) is 10.1 Å². The Labute approximate surface area is 109 Å². The quantitative estimate of drug-likeness (QED) is 0.562. The van der Waals surface area contributed by atoms with Crippen LogP contribution in [0.3, 0.4) is 0 Å². The van der Waals surface area contributed by atoms with Crippen molar-refractivity contribution in [3.8, 4) is 0 Å². The third-order valence-electron chi connectivity index (χ3n) is 2.73. The number of carbonyl (C=O) groups is 1. The van der Waals surface area contributed by atoms with Crippen LogP contribution in [0.5, 0.6) is 0 Å². The lowest BCUT2D eigenvalue weighted by Gasteiger charge is -2.10. The van der Waals surface area contributed by atoms with Crippen LogP contribution in [0.1, 0.15) is 16.2 Å². The molecule has 0 saturated carbocycles. The number of carbonyl (C=O) groups excluding carboxylic acids is 1. The standard InChI is InChI=1S/C12H14FN5O/c1-18-6-5-15-10(18)7-16-12(19)8-3-2-4-9(13)11(8)17-14/h2-6,17H,7,14H2,1H3,(H,16,19). The zero-order valence-corrected chi connectivity index (χ0v) is 10.4. The molecule has 4 N–H and O–H groups in total. The van der Waals surface area contributed by atoms with Gasteiger partial charge in [0.1, 0.15) is 11.6 Å². The fourth-order valence-electron chi connectivity index (χ4n) is 1.68. The minimum atomic E-state index is -0.577. The predicted molar refractivity (Wildman–Crippen MR) is 68.6 cm³/mol. The van der Waals surface area contributed by atoms with Gasteiger partial charge in [0.15, 0.2) is 0 Å². The van der Waals surface area contributed by atoms with Gasteiger partial charge in [0, 0.05) is 19.4 Å². The van der Waals surface area contributed by atoms with Crippen molar-refractivity contribution in [1.29, 1.82) is 0 Å². The summed E-state index contributed by atoms with van der Waals surface area (Å²) in [6, 6.07) is 4.17. The summed E-state index contributed by atoms with van der Waals surface area (Å²) in [7, 11) is 1.82. The van der Waals surface area contributed by atoms with Gasteiger partial charge in [-0.3, -0.25) is 10.6 Å². The molecule has 1 amide bonds. The number of amides is 1. The number of hydrogen-bond donors (Lipinski definition) is 3. The Hall–Kier alpha value is -2.41. The number of para-hydroxylation sites is 1. The van der Waals surface area contributed by atoms with E-state index in [1.165, 1.54) is 18.2 Å². The van der Waals surface area contributed by atoms with Crippen LogP contribution >= 0.6 is 0 Å². The van der Waals surface area contributed by atoms with Gasteiger partial charge in [0.25, 0.3) is 5.91 Å². The average Bonchev–Trinajstić information content (AvgIpc) is 2.81. The number of aromatic nitrogens is 2. The van der Waals surface area contributed by atoms with Gasteiger partial charge in [0.05, 0.1) is 17.8 Å². The molecule has 0 bridgehead atoms. The minimum Gasteiger partial charge on any atom is -0.345 e. The number of aryl methyl sites for hydroxylation is 1. The van der Waals surface area contributed by atoms with Gasteiger partial charge in [-0.05, 0) is 12.1 Å². The van der Waals surface area contributed by atoms with Crippen molar-refractivity contribution in [2.24, 2.45) is 12.9 Å². The zero-order valence-electron chi connectivity index (χ0n) is 10.4. The van der Waals surface area contributed by atoms with E-state index in [1.807, 2.05) is 7.05 Å². The van der Waals surface area contributed by atoms with E-state index >= 15 is 0 Å². The number of rotatable bonds is 4. The summed E-state index contributed by atoms with van der Waals surface area (Å²) < 4.78 is 15.2. The second kappa shape index (κ2) is 5.49. The van der Waals surface area contributed by atoms with E-state index in [-0.39, 0.29) is 17.8 Å². The summed E-state index contributed by atoms with van der Waals surface area (Å²) in [4.78, 5) is 16.0. The molecule has 19 heavy (non-hydrogen) atoms. The molecular formula is C12H14FN5O. The van der Waals surface area contributed by atoms with Crippen molar-refractivity contribution in [3.05, 3.63) is 47.8 Å². The Kier molecular flexibility index (Phi) is 3.76. The fraction of sp³-hybridized carbons (Fsp3) is 0.167. The highest BCUT2D eigenvalue weighted by Gasteiger charge is 2.14. The van der Waals surface area contributed by atoms with E-state index in [4.69, 9.17) is 5.84 Å². The van der Waals surface area contributed by atoms with Crippen LogP contribution in [0.2, 0.25) is 0 Å². The molecular weight excluding hydrogens is 249 g/mol. The normalized spacial score (nSPS) is 10.3. The van der Waals surface area contributed by atoms with Crippen molar-refractivity contribution in [1.82, 2.24) is 14.9 Å². The highest BCUT2D eigenvalue weighted by Crippen LogP contribution is 2.18. The molecule has 0 fully saturated rings. The molecule has 0 aliphatic carbocycles. The number of halogens is 1. The predicted octanol–water partition coefficient (Wildman–Crippen LogP) is 0.775. The maximum atomic E-state index is 13.4. The first kappa shape index (κ1) is 13.0. The highest BCUT2D eigenvalue weighted by atomic mass is 19.1. The smallest absolute Gasteiger partial charge is 0.253 e. The van der Waals surface area contributed by atoms with Crippen LogP contribution in [-0.2, 0) is 13.6 Å². The number of hydrogen-bond acceptors (Lipinski definition) is 4. The molecule has 1 aromatic heterocycles. The average molecular weight is 263 g/mol. The number of imidazole rings is 1. The second-order valence-electron chi connectivity index (χ2n) is 3.94. The highest BCUT2D eigenvalue weighted by molar-refractivity contribution is 5.99. The summed E-state index contributed by atoms with van der Waals surface area (Å²) in [6.45, 7) is 0.253. The summed E-state index contributed by atoms with van der Waals surface area (Å²) in [5.74, 6) is 4.92. The molecule has 1 aromatic carbocycles. The third-order valence-corrected chi connectivity index (χ3v) is 2.73. The Morgan fingerprint density at radius 1 is 1.53 bits per heavy atom. The van der Waals surface area contributed by atoms with Gasteiger partial charge in [-0.1, -0.05) is 6.07 Å². The monoisotopic (exact) mass is 263 g/mol. The molecule has 1 heterocycles. The summed E-state index contributed by atoms with van der Waals surface area (Å²) >= 11 is 0. The number of nitrogens with one attached hydrogen (secondary N) is 2. The fourth-order valence-corrected chi connectivity index (χ4v) is 1.68. The molecule has 7 heteroatoms. The minimum absolute atomic E-state index is 0.0279. The molecule has 0 spiro atoms. The van der Waals surface area contributed by atoms with Gasteiger partial charge in [0.2, 0.25) is 0 Å². The Morgan fingerprint density at radius 2 is 2.32 bits per heavy atom. The van der Waals surface area contributed by atoms with Crippen LogP contribution < -0.4 is 16.6 Å². The van der Waals surface area contributed by atoms with E-state index < -0.39 is 11.7 Å². The molecule has 0 saturated heterocycles. The van der Waals surface area contributed by atoms with Crippen molar-refractivity contribution in [2.75, 3.05) is 5.43 Å². The molecule has 0 aliphatic heterocycles. The number of hydrazine groups is 1. The maximum Gasteiger partial charge on any atom is 0.253 e. The molecule has 6 nitrogen and oxygen atoms in total.